The Bertz CT molecular complexity index is 229. The molecule has 0 aliphatic heterocycles. The van der Waals surface area contributed by atoms with Crippen molar-refractivity contribution in [3.8, 4) is 0 Å². The first-order chi connectivity index (χ1) is 5.25. The summed E-state index contributed by atoms with van der Waals surface area (Å²) in [4.78, 5) is 1.19. The number of thiophene rings is 1. The monoisotopic (exact) mass is 270 g/mol. The fraction of sp³-hybridized carbons (Fsp3) is 0.429. The van der Waals surface area contributed by atoms with Crippen molar-refractivity contribution in [1.29, 1.82) is 0 Å². The van der Waals surface area contributed by atoms with Crippen LogP contribution >= 0.6 is 39.7 Å². The highest BCUT2D eigenvalue weighted by Crippen LogP contribution is 2.28. The van der Waals surface area contributed by atoms with Gasteiger partial charge in [0.1, 0.15) is 0 Å². The third-order valence-electron chi connectivity index (χ3n) is 1.46. The molecule has 2 nitrogen and oxygen atoms in total. The van der Waals surface area contributed by atoms with Crippen molar-refractivity contribution in [2.75, 3.05) is 6.54 Å². The molecule has 4 N–H and O–H groups in total. The van der Waals surface area contributed by atoms with Gasteiger partial charge in [-0.15, -0.1) is 23.7 Å². The second-order valence-corrected chi connectivity index (χ2v) is 4.12. The highest BCUT2D eigenvalue weighted by Gasteiger charge is 2.09. The topological polar surface area (TPSA) is 52.0 Å². The third-order valence-corrected chi connectivity index (χ3v) is 3.46. The molecule has 0 aliphatic carbocycles. The van der Waals surface area contributed by atoms with E-state index in [9.17, 15) is 0 Å². The van der Waals surface area contributed by atoms with Crippen LogP contribution < -0.4 is 11.5 Å². The zero-order valence-corrected chi connectivity index (χ0v) is 9.71. The number of hydrogen-bond donors (Lipinski definition) is 2. The summed E-state index contributed by atoms with van der Waals surface area (Å²) in [5.41, 5.74) is 11.2. The van der Waals surface area contributed by atoms with Crippen molar-refractivity contribution in [3.05, 3.63) is 20.8 Å². The summed E-state index contributed by atoms with van der Waals surface area (Å²) in [5, 5.41) is 2.02. The van der Waals surface area contributed by atoms with Gasteiger partial charge in [0.05, 0.1) is 0 Å². The number of hydrogen-bond acceptors (Lipinski definition) is 3. The first-order valence-corrected chi connectivity index (χ1v) is 5.11. The molecule has 0 spiro atoms. The van der Waals surface area contributed by atoms with E-state index in [1.807, 2.05) is 11.4 Å². The Labute approximate surface area is 90.9 Å². The van der Waals surface area contributed by atoms with Crippen LogP contribution in [-0.2, 0) is 0 Å². The van der Waals surface area contributed by atoms with Crippen LogP contribution in [0.5, 0.6) is 0 Å². The highest BCUT2D eigenvalue weighted by atomic mass is 79.9. The summed E-state index contributed by atoms with van der Waals surface area (Å²) < 4.78 is 1.10. The molecule has 0 saturated carbocycles. The Kier molecular flexibility index (Phi) is 6.13. The molecule has 1 heterocycles. The molecule has 1 atom stereocenters. The van der Waals surface area contributed by atoms with Gasteiger partial charge in [0.2, 0.25) is 0 Å². The zero-order valence-electron chi connectivity index (χ0n) is 6.50. The van der Waals surface area contributed by atoms with Gasteiger partial charge in [0, 0.05) is 15.4 Å². The fourth-order valence-electron chi connectivity index (χ4n) is 0.881. The Morgan fingerprint density at radius 3 is 2.67 bits per heavy atom. The first kappa shape index (κ1) is 12.4. The zero-order chi connectivity index (χ0) is 8.27. The predicted octanol–water partition coefficient (Wildman–Crippen LogP) is 2.28. The minimum absolute atomic E-state index is 0. The average molecular weight is 272 g/mol. The molecule has 0 aliphatic rings. The SMILES string of the molecule is Cl.NCC[C@H](N)c1sccc1Br. The van der Waals surface area contributed by atoms with E-state index < -0.39 is 0 Å². The molecule has 1 rings (SSSR count). The van der Waals surface area contributed by atoms with Gasteiger partial charge in [0.15, 0.2) is 0 Å². The maximum Gasteiger partial charge on any atom is 0.0413 e. The van der Waals surface area contributed by atoms with Crippen molar-refractivity contribution in [2.24, 2.45) is 11.5 Å². The van der Waals surface area contributed by atoms with Crippen LogP contribution in [0.4, 0.5) is 0 Å². The van der Waals surface area contributed by atoms with E-state index in [2.05, 4.69) is 15.9 Å². The van der Waals surface area contributed by atoms with Crippen molar-refractivity contribution in [1.82, 2.24) is 0 Å². The van der Waals surface area contributed by atoms with E-state index in [0.29, 0.717) is 6.54 Å². The van der Waals surface area contributed by atoms with Crippen LogP contribution in [0.1, 0.15) is 17.3 Å². The molecule has 12 heavy (non-hydrogen) atoms. The molecule has 0 radical (unpaired) electrons. The van der Waals surface area contributed by atoms with Gasteiger partial charge in [0.25, 0.3) is 0 Å². The average Bonchev–Trinajstić information content (AvgIpc) is 2.36. The van der Waals surface area contributed by atoms with Crippen LogP contribution in [0.3, 0.4) is 0 Å². The van der Waals surface area contributed by atoms with Gasteiger partial charge in [-0.2, -0.15) is 0 Å². The lowest BCUT2D eigenvalue weighted by molar-refractivity contribution is 0.670. The summed E-state index contributed by atoms with van der Waals surface area (Å²) in [5.74, 6) is 0. The van der Waals surface area contributed by atoms with Gasteiger partial charge >= 0.3 is 0 Å². The number of halogens is 2. The van der Waals surface area contributed by atoms with Crippen LogP contribution in [0.2, 0.25) is 0 Å². The summed E-state index contributed by atoms with van der Waals surface area (Å²) in [6, 6.07) is 2.10. The fourth-order valence-corrected chi connectivity index (χ4v) is 2.59. The third kappa shape index (κ3) is 3.03. The van der Waals surface area contributed by atoms with Crippen LogP contribution in [0.15, 0.2) is 15.9 Å². The van der Waals surface area contributed by atoms with Gasteiger partial charge < -0.3 is 11.5 Å². The Morgan fingerprint density at radius 1 is 1.58 bits per heavy atom. The summed E-state index contributed by atoms with van der Waals surface area (Å²) in [6.45, 7) is 0.644. The van der Waals surface area contributed by atoms with Crippen molar-refractivity contribution in [3.63, 3.8) is 0 Å². The Hall–Kier alpha value is 0.390. The van der Waals surface area contributed by atoms with E-state index in [1.165, 1.54) is 4.88 Å². The van der Waals surface area contributed by atoms with E-state index in [1.54, 1.807) is 11.3 Å². The maximum atomic E-state index is 5.85. The van der Waals surface area contributed by atoms with E-state index in [0.717, 1.165) is 10.9 Å². The highest BCUT2D eigenvalue weighted by molar-refractivity contribution is 9.10. The molecule has 0 saturated heterocycles. The van der Waals surface area contributed by atoms with Crippen LogP contribution in [-0.4, -0.2) is 6.54 Å². The van der Waals surface area contributed by atoms with Crippen molar-refractivity contribution < 1.29 is 0 Å². The Balaban J connectivity index is 0.00000121. The molecular weight excluding hydrogens is 260 g/mol. The standard InChI is InChI=1S/C7H11BrN2S.ClH/c8-5-2-4-11-7(5)6(10)1-3-9;/h2,4,6H,1,3,9-10H2;1H/t6-;/m0./s1. The van der Waals surface area contributed by atoms with Crippen LogP contribution in [0.25, 0.3) is 0 Å². The maximum absolute atomic E-state index is 5.85. The Morgan fingerprint density at radius 2 is 2.25 bits per heavy atom. The minimum Gasteiger partial charge on any atom is -0.330 e. The smallest absolute Gasteiger partial charge is 0.0413 e. The van der Waals surface area contributed by atoms with E-state index >= 15 is 0 Å². The lowest BCUT2D eigenvalue weighted by atomic mass is 10.2. The van der Waals surface area contributed by atoms with Crippen LogP contribution in [0, 0.1) is 0 Å². The van der Waals surface area contributed by atoms with E-state index in [4.69, 9.17) is 11.5 Å². The molecule has 0 bridgehead atoms. The van der Waals surface area contributed by atoms with Gasteiger partial charge in [-0.3, -0.25) is 0 Å². The largest absolute Gasteiger partial charge is 0.330 e. The number of rotatable bonds is 3. The lowest BCUT2D eigenvalue weighted by Gasteiger charge is -2.07. The molecule has 1 aromatic rings. The first-order valence-electron chi connectivity index (χ1n) is 3.44. The second-order valence-electron chi connectivity index (χ2n) is 2.32. The van der Waals surface area contributed by atoms with Crippen molar-refractivity contribution in [2.45, 2.75) is 12.5 Å². The molecular formula is C7H12BrClN2S. The van der Waals surface area contributed by atoms with Crippen molar-refractivity contribution >= 4 is 39.7 Å². The molecule has 0 amide bonds. The normalized spacial score (nSPS) is 12.2. The molecule has 70 valence electrons. The summed E-state index contributed by atoms with van der Waals surface area (Å²) >= 11 is 5.10. The predicted molar refractivity (Wildman–Crippen MR) is 59.9 cm³/mol. The van der Waals surface area contributed by atoms with Gasteiger partial charge in [-0.05, 0) is 40.3 Å². The number of nitrogens with two attached hydrogens (primary N) is 2. The summed E-state index contributed by atoms with van der Waals surface area (Å²) in [6.07, 6.45) is 0.846. The molecule has 5 heteroatoms. The lowest BCUT2D eigenvalue weighted by Crippen LogP contribution is -2.14. The molecule has 0 aromatic carbocycles. The molecule has 0 fully saturated rings. The molecule has 1 aromatic heterocycles. The molecule has 0 unspecified atom stereocenters. The van der Waals surface area contributed by atoms with Gasteiger partial charge in [-0.25, -0.2) is 0 Å². The quantitative estimate of drug-likeness (QED) is 0.886. The van der Waals surface area contributed by atoms with E-state index in [-0.39, 0.29) is 18.4 Å². The van der Waals surface area contributed by atoms with Gasteiger partial charge in [-0.1, -0.05) is 0 Å². The minimum atomic E-state index is 0. The second kappa shape index (κ2) is 5.94. The summed E-state index contributed by atoms with van der Waals surface area (Å²) in [7, 11) is 0.